The summed E-state index contributed by atoms with van der Waals surface area (Å²) in [6, 6.07) is 0. The molecular formula is C14H23NO2. The first-order valence-electron chi connectivity index (χ1n) is 6.26. The third kappa shape index (κ3) is 4.30. The van der Waals surface area contributed by atoms with E-state index in [9.17, 15) is 4.79 Å². The summed E-state index contributed by atoms with van der Waals surface area (Å²) < 4.78 is 5.06. The molecule has 3 heteroatoms. The van der Waals surface area contributed by atoms with E-state index >= 15 is 0 Å². The van der Waals surface area contributed by atoms with Gasteiger partial charge in [-0.05, 0) is 31.1 Å². The summed E-state index contributed by atoms with van der Waals surface area (Å²) in [6.45, 7) is 10.4. The van der Waals surface area contributed by atoms with Crippen molar-refractivity contribution in [3.63, 3.8) is 0 Å². The molecule has 0 spiro atoms. The second-order valence-corrected chi connectivity index (χ2v) is 5.61. The zero-order chi connectivity index (χ0) is 12.9. The molecule has 0 aromatic rings. The van der Waals surface area contributed by atoms with Crippen LogP contribution in [0.5, 0.6) is 0 Å². The van der Waals surface area contributed by atoms with E-state index in [0.717, 1.165) is 25.9 Å². The van der Waals surface area contributed by atoms with Gasteiger partial charge >= 0.3 is 6.09 Å². The van der Waals surface area contributed by atoms with Gasteiger partial charge in [0.1, 0.15) is 0 Å². The fourth-order valence-electron chi connectivity index (χ4n) is 2.19. The number of rotatable bonds is 1. The number of likely N-dealkylation sites (tertiary alicyclic amines) is 1. The van der Waals surface area contributed by atoms with Crippen LogP contribution in [-0.2, 0) is 4.74 Å². The number of ether oxygens (including phenoxy) is 1. The number of carbonyl (C=O) groups is 1. The molecule has 1 aliphatic rings. The lowest BCUT2D eigenvalue weighted by Crippen LogP contribution is -2.41. The highest BCUT2D eigenvalue weighted by Gasteiger charge is 2.30. The molecule has 0 bridgehead atoms. The number of carbonyl (C=O) groups excluding carboxylic acids is 1. The Labute approximate surface area is 105 Å². The lowest BCUT2D eigenvalue weighted by Gasteiger charge is -2.38. The molecule has 1 amide bonds. The Hall–Kier alpha value is -1.17. The molecule has 0 saturated carbocycles. The Morgan fingerprint density at radius 3 is 2.41 bits per heavy atom. The maximum atomic E-state index is 11.7. The molecular weight excluding hydrogens is 214 g/mol. The molecule has 3 nitrogen and oxygen atoms in total. The van der Waals surface area contributed by atoms with Crippen molar-refractivity contribution in [1.82, 2.24) is 4.90 Å². The minimum atomic E-state index is -0.222. The van der Waals surface area contributed by atoms with Gasteiger partial charge in [-0.3, -0.25) is 0 Å². The average Bonchev–Trinajstić information content (AvgIpc) is 2.28. The van der Waals surface area contributed by atoms with Crippen molar-refractivity contribution in [3.8, 4) is 11.8 Å². The second-order valence-electron chi connectivity index (χ2n) is 5.61. The summed E-state index contributed by atoms with van der Waals surface area (Å²) in [5.74, 6) is 6.14. The van der Waals surface area contributed by atoms with Crippen LogP contribution < -0.4 is 0 Å². The fourth-order valence-corrected chi connectivity index (χ4v) is 2.19. The van der Waals surface area contributed by atoms with E-state index in [1.807, 2.05) is 0 Å². The standard InChI is InChI=1S/C14H23NO2/c1-5-6-11-17-13(16)15-9-7-12(8-10-15)14(2,3)4/h12H,7-11H2,1-4H3. The van der Waals surface area contributed by atoms with Gasteiger partial charge in [0.25, 0.3) is 0 Å². The zero-order valence-electron chi connectivity index (χ0n) is 11.4. The van der Waals surface area contributed by atoms with Crippen LogP contribution >= 0.6 is 0 Å². The third-order valence-electron chi connectivity index (χ3n) is 3.42. The van der Waals surface area contributed by atoms with Crippen LogP contribution in [0.1, 0.15) is 40.5 Å². The first kappa shape index (κ1) is 13.9. The summed E-state index contributed by atoms with van der Waals surface area (Å²) in [4.78, 5) is 13.5. The molecule has 1 saturated heterocycles. The lowest BCUT2D eigenvalue weighted by atomic mass is 9.75. The van der Waals surface area contributed by atoms with Crippen LogP contribution in [-0.4, -0.2) is 30.7 Å². The fraction of sp³-hybridized carbons (Fsp3) is 0.786. The molecule has 0 aromatic heterocycles. The first-order valence-corrected chi connectivity index (χ1v) is 6.26. The van der Waals surface area contributed by atoms with Crippen LogP contribution in [0.15, 0.2) is 0 Å². The normalized spacial score (nSPS) is 17.3. The number of hydrogen-bond acceptors (Lipinski definition) is 2. The zero-order valence-corrected chi connectivity index (χ0v) is 11.4. The monoisotopic (exact) mass is 237 g/mol. The van der Waals surface area contributed by atoms with E-state index in [4.69, 9.17) is 4.74 Å². The van der Waals surface area contributed by atoms with Crippen LogP contribution in [0.3, 0.4) is 0 Å². The van der Waals surface area contributed by atoms with Crippen LogP contribution in [0, 0.1) is 23.2 Å². The van der Waals surface area contributed by atoms with E-state index in [-0.39, 0.29) is 12.7 Å². The third-order valence-corrected chi connectivity index (χ3v) is 3.42. The minimum absolute atomic E-state index is 0.203. The SMILES string of the molecule is CC#CCOC(=O)N1CCC(C(C)(C)C)CC1. The van der Waals surface area contributed by atoms with Gasteiger partial charge in [-0.15, -0.1) is 5.92 Å². The summed E-state index contributed by atoms with van der Waals surface area (Å²) in [5.41, 5.74) is 0.337. The molecule has 1 rings (SSSR count). The first-order chi connectivity index (χ1) is 7.95. The average molecular weight is 237 g/mol. The molecule has 96 valence electrons. The van der Waals surface area contributed by atoms with Crippen molar-refractivity contribution in [3.05, 3.63) is 0 Å². The largest absolute Gasteiger partial charge is 0.436 e. The van der Waals surface area contributed by atoms with E-state index in [2.05, 4.69) is 32.6 Å². The summed E-state index contributed by atoms with van der Waals surface area (Å²) in [5, 5.41) is 0. The topological polar surface area (TPSA) is 29.5 Å². The highest BCUT2D eigenvalue weighted by atomic mass is 16.6. The summed E-state index contributed by atoms with van der Waals surface area (Å²) in [6.07, 6.45) is 1.91. The predicted molar refractivity (Wildman–Crippen MR) is 68.6 cm³/mol. The molecule has 0 unspecified atom stereocenters. The van der Waals surface area contributed by atoms with E-state index in [1.165, 1.54) is 0 Å². The Kier molecular flexibility index (Phi) is 4.86. The van der Waals surface area contributed by atoms with Gasteiger partial charge in [0.15, 0.2) is 6.61 Å². The number of nitrogens with zero attached hydrogens (tertiary/aromatic N) is 1. The Morgan fingerprint density at radius 1 is 1.35 bits per heavy atom. The van der Waals surface area contributed by atoms with Gasteiger partial charge in [-0.25, -0.2) is 4.79 Å². The quantitative estimate of drug-likeness (QED) is 0.656. The van der Waals surface area contributed by atoms with Crippen LogP contribution in [0.4, 0.5) is 4.79 Å². The molecule has 0 aliphatic carbocycles. The molecule has 1 heterocycles. The van der Waals surface area contributed by atoms with Crippen molar-refractivity contribution in [1.29, 1.82) is 0 Å². The summed E-state index contributed by atoms with van der Waals surface area (Å²) >= 11 is 0. The Bertz CT molecular complexity index is 311. The van der Waals surface area contributed by atoms with Gasteiger partial charge in [-0.2, -0.15) is 0 Å². The molecule has 0 N–H and O–H groups in total. The number of piperidine rings is 1. The van der Waals surface area contributed by atoms with Gasteiger partial charge in [0.05, 0.1) is 0 Å². The molecule has 0 radical (unpaired) electrons. The van der Waals surface area contributed by atoms with E-state index < -0.39 is 0 Å². The van der Waals surface area contributed by atoms with Crippen molar-refractivity contribution in [2.75, 3.05) is 19.7 Å². The van der Waals surface area contributed by atoms with Gasteiger partial charge in [-0.1, -0.05) is 26.7 Å². The van der Waals surface area contributed by atoms with Crippen LogP contribution in [0.25, 0.3) is 0 Å². The van der Waals surface area contributed by atoms with Crippen molar-refractivity contribution in [2.45, 2.75) is 40.5 Å². The summed E-state index contributed by atoms with van der Waals surface area (Å²) in [7, 11) is 0. The smallest absolute Gasteiger partial charge is 0.410 e. The highest BCUT2D eigenvalue weighted by Crippen LogP contribution is 2.34. The van der Waals surface area contributed by atoms with Gasteiger partial charge in [0.2, 0.25) is 0 Å². The molecule has 0 atom stereocenters. The van der Waals surface area contributed by atoms with Crippen molar-refractivity contribution >= 4 is 6.09 Å². The second kappa shape index (κ2) is 5.95. The van der Waals surface area contributed by atoms with Crippen LogP contribution in [0.2, 0.25) is 0 Å². The van der Waals surface area contributed by atoms with Gasteiger partial charge in [0, 0.05) is 13.1 Å². The number of hydrogen-bond donors (Lipinski definition) is 0. The minimum Gasteiger partial charge on any atom is -0.436 e. The van der Waals surface area contributed by atoms with Gasteiger partial charge < -0.3 is 9.64 Å². The predicted octanol–water partition coefficient (Wildman–Crippen LogP) is 2.90. The molecule has 0 aromatic carbocycles. The maximum absolute atomic E-state index is 11.7. The van der Waals surface area contributed by atoms with E-state index in [0.29, 0.717) is 11.3 Å². The maximum Gasteiger partial charge on any atom is 0.410 e. The molecule has 1 fully saturated rings. The molecule has 1 aliphatic heterocycles. The number of amides is 1. The molecule has 17 heavy (non-hydrogen) atoms. The van der Waals surface area contributed by atoms with Crippen molar-refractivity contribution < 1.29 is 9.53 Å². The Morgan fingerprint density at radius 2 is 1.94 bits per heavy atom. The van der Waals surface area contributed by atoms with Crippen molar-refractivity contribution in [2.24, 2.45) is 11.3 Å². The Balaban J connectivity index is 2.35. The highest BCUT2D eigenvalue weighted by molar-refractivity contribution is 5.67. The van der Waals surface area contributed by atoms with E-state index in [1.54, 1.807) is 11.8 Å². The lowest BCUT2D eigenvalue weighted by molar-refractivity contribution is 0.0777.